The average Bonchev–Trinajstić information content (AvgIpc) is 3.11. The van der Waals surface area contributed by atoms with Crippen LogP contribution in [0.3, 0.4) is 0 Å². The largest absolute Gasteiger partial charge is 0.381 e. The van der Waals surface area contributed by atoms with Gasteiger partial charge in [0.2, 0.25) is 0 Å². The summed E-state index contributed by atoms with van der Waals surface area (Å²) in [5.41, 5.74) is 1.10. The first-order chi connectivity index (χ1) is 9.48. The number of hydrogen-bond donors (Lipinski definition) is 3. The predicted octanol–water partition coefficient (Wildman–Crippen LogP) is 2.60. The number of amides is 1. The third-order valence-electron chi connectivity index (χ3n) is 4.55. The van der Waals surface area contributed by atoms with Crippen LogP contribution >= 0.6 is 0 Å². The lowest BCUT2D eigenvalue weighted by atomic mass is 9.95. The number of fused-ring (bicyclic) bond motifs is 1. The zero-order valence-corrected chi connectivity index (χ0v) is 12.9. The van der Waals surface area contributed by atoms with E-state index in [0.29, 0.717) is 23.9 Å². The van der Waals surface area contributed by atoms with Crippen LogP contribution in [-0.4, -0.2) is 23.7 Å². The van der Waals surface area contributed by atoms with E-state index in [1.807, 2.05) is 20.8 Å². The fourth-order valence-electron chi connectivity index (χ4n) is 3.12. The normalized spacial score (nSPS) is 28.8. The number of carbonyl (C=O) groups is 1. The minimum atomic E-state index is -0.0401. The molecule has 4 heteroatoms. The fraction of sp³-hybridized carbons (Fsp3) is 0.750. The Morgan fingerprint density at radius 2 is 2.20 bits per heavy atom. The molecule has 0 spiro atoms. The summed E-state index contributed by atoms with van der Waals surface area (Å²) >= 11 is 0. The molecule has 2 atom stereocenters. The molecule has 0 heterocycles. The molecule has 0 saturated heterocycles. The van der Waals surface area contributed by atoms with Crippen LogP contribution in [0.25, 0.3) is 0 Å². The maximum atomic E-state index is 12.5. The van der Waals surface area contributed by atoms with Crippen LogP contribution < -0.4 is 10.6 Å². The second kappa shape index (κ2) is 5.98. The second-order valence-corrected chi connectivity index (χ2v) is 6.46. The van der Waals surface area contributed by atoms with Crippen LogP contribution in [-0.2, 0) is 4.79 Å². The van der Waals surface area contributed by atoms with Gasteiger partial charge in [-0.25, -0.2) is 0 Å². The smallest absolute Gasteiger partial charge is 0.267 e. The molecule has 2 saturated carbocycles. The van der Waals surface area contributed by atoms with Crippen molar-refractivity contribution >= 4 is 11.6 Å². The Morgan fingerprint density at radius 3 is 2.80 bits per heavy atom. The number of likely N-dealkylation sites (N-methyl/N-ethyl adjacent to an activating group) is 1. The first-order valence-corrected chi connectivity index (χ1v) is 7.85. The third-order valence-corrected chi connectivity index (χ3v) is 4.55. The van der Waals surface area contributed by atoms with Crippen molar-refractivity contribution in [3.63, 3.8) is 0 Å². The number of carbonyl (C=O) groups excluding carboxylic acids is 1. The summed E-state index contributed by atoms with van der Waals surface area (Å²) in [6.45, 7) is 6.61. The quantitative estimate of drug-likeness (QED) is 0.516. The Kier molecular flexibility index (Phi) is 4.51. The van der Waals surface area contributed by atoms with Crippen LogP contribution in [0, 0.1) is 17.2 Å². The zero-order valence-electron chi connectivity index (χ0n) is 12.9. The van der Waals surface area contributed by atoms with Crippen LogP contribution in [0.5, 0.6) is 0 Å². The summed E-state index contributed by atoms with van der Waals surface area (Å²) in [6, 6.07) is 0. The van der Waals surface area contributed by atoms with Gasteiger partial charge >= 0.3 is 0 Å². The lowest BCUT2D eigenvalue weighted by Crippen LogP contribution is -2.43. The highest BCUT2D eigenvalue weighted by Gasteiger charge is 2.55. The van der Waals surface area contributed by atoms with Crippen molar-refractivity contribution in [2.75, 3.05) is 6.54 Å². The van der Waals surface area contributed by atoms with E-state index >= 15 is 0 Å². The van der Waals surface area contributed by atoms with Crippen LogP contribution in [0.15, 0.2) is 11.8 Å². The van der Waals surface area contributed by atoms with Crippen molar-refractivity contribution in [2.24, 2.45) is 11.8 Å². The molecule has 0 aromatic rings. The minimum Gasteiger partial charge on any atom is -0.381 e. The third kappa shape index (κ3) is 3.22. The average molecular weight is 277 g/mol. The number of rotatable bonds is 6. The minimum absolute atomic E-state index is 0.0401. The number of allylic oxidation sites excluding steroid dienone is 1. The lowest BCUT2D eigenvalue weighted by Gasteiger charge is -2.24. The maximum Gasteiger partial charge on any atom is 0.267 e. The Morgan fingerprint density at radius 1 is 1.45 bits per heavy atom. The van der Waals surface area contributed by atoms with E-state index in [2.05, 4.69) is 10.6 Å². The summed E-state index contributed by atoms with van der Waals surface area (Å²) in [5.74, 6) is 0.784. The van der Waals surface area contributed by atoms with Gasteiger partial charge in [0.1, 0.15) is 5.70 Å². The molecule has 0 aliphatic heterocycles. The van der Waals surface area contributed by atoms with Crippen molar-refractivity contribution in [1.29, 1.82) is 5.41 Å². The van der Waals surface area contributed by atoms with E-state index in [-0.39, 0.29) is 17.4 Å². The molecule has 0 bridgehead atoms. The summed E-state index contributed by atoms with van der Waals surface area (Å²) in [7, 11) is 0. The molecular weight excluding hydrogens is 250 g/mol. The highest BCUT2D eigenvalue weighted by atomic mass is 16.2. The van der Waals surface area contributed by atoms with Gasteiger partial charge in [-0.05, 0) is 44.1 Å². The molecule has 2 fully saturated rings. The lowest BCUT2D eigenvalue weighted by molar-refractivity contribution is -0.119. The van der Waals surface area contributed by atoms with Gasteiger partial charge in [0.15, 0.2) is 0 Å². The molecule has 0 aromatic heterocycles. The van der Waals surface area contributed by atoms with Crippen molar-refractivity contribution in [1.82, 2.24) is 10.6 Å². The van der Waals surface area contributed by atoms with Crippen molar-refractivity contribution < 1.29 is 4.79 Å². The number of nitrogens with one attached hydrogen (secondary N) is 3. The molecule has 20 heavy (non-hydrogen) atoms. The fourth-order valence-corrected chi connectivity index (χ4v) is 3.12. The standard InChI is InChI=1S/C16H27N3O/c1-4-18-14(9-13(17)11(2)3)15(20)19-16-8-6-5-7-12(16)10-16/h9,11-12,17-18H,4-8,10H2,1-3H3,(H,19,20)/b14-9-,17-13?. The van der Waals surface area contributed by atoms with Gasteiger partial charge in [0, 0.05) is 17.8 Å². The summed E-state index contributed by atoms with van der Waals surface area (Å²) in [6.07, 6.45) is 7.71. The zero-order chi connectivity index (χ0) is 14.8. The van der Waals surface area contributed by atoms with E-state index in [9.17, 15) is 4.79 Å². The van der Waals surface area contributed by atoms with Gasteiger partial charge in [-0.2, -0.15) is 0 Å². The molecule has 1 amide bonds. The molecule has 112 valence electrons. The van der Waals surface area contributed by atoms with Crippen LogP contribution in [0.4, 0.5) is 0 Å². The van der Waals surface area contributed by atoms with E-state index in [4.69, 9.17) is 5.41 Å². The Balaban J connectivity index is 2.02. The predicted molar refractivity (Wildman–Crippen MR) is 81.8 cm³/mol. The Hall–Kier alpha value is -1.32. The highest BCUT2D eigenvalue weighted by molar-refractivity contribution is 6.03. The second-order valence-electron chi connectivity index (χ2n) is 6.46. The van der Waals surface area contributed by atoms with Gasteiger partial charge in [-0.3, -0.25) is 4.79 Å². The molecule has 4 nitrogen and oxygen atoms in total. The topological polar surface area (TPSA) is 65.0 Å². The molecule has 2 aliphatic carbocycles. The van der Waals surface area contributed by atoms with Crippen molar-refractivity contribution in [3.05, 3.63) is 11.8 Å². The molecule has 2 rings (SSSR count). The van der Waals surface area contributed by atoms with Gasteiger partial charge in [-0.1, -0.05) is 26.7 Å². The highest BCUT2D eigenvalue weighted by Crippen LogP contribution is 2.53. The van der Waals surface area contributed by atoms with Crippen molar-refractivity contribution in [3.8, 4) is 0 Å². The van der Waals surface area contributed by atoms with Gasteiger partial charge in [-0.15, -0.1) is 0 Å². The van der Waals surface area contributed by atoms with Gasteiger partial charge in [0.25, 0.3) is 5.91 Å². The molecule has 2 unspecified atom stereocenters. The van der Waals surface area contributed by atoms with Gasteiger partial charge < -0.3 is 16.0 Å². The molecule has 0 aromatic carbocycles. The first-order valence-electron chi connectivity index (χ1n) is 7.85. The van der Waals surface area contributed by atoms with E-state index < -0.39 is 0 Å². The molecular formula is C16H27N3O. The summed E-state index contributed by atoms with van der Waals surface area (Å²) < 4.78 is 0. The van der Waals surface area contributed by atoms with Gasteiger partial charge in [0.05, 0.1) is 0 Å². The maximum absolute atomic E-state index is 12.5. The van der Waals surface area contributed by atoms with E-state index in [1.165, 1.54) is 19.3 Å². The van der Waals surface area contributed by atoms with Crippen LogP contribution in [0.2, 0.25) is 0 Å². The summed E-state index contributed by atoms with van der Waals surface area (Å²) in [5, 5.41) is 14.3. The first kappa shape index (κ1) is 15.1. The molecule has 2 aliphatic rings. The Labute approximate surface area is 121 Å². The van der Waals surface area contributed by atoms with E-state index in [0.717, 1.165) is 12.8 Å². The SMILES string of the molecule is CCN/C(=C\C(=N)C(C)C)C(=O)NC12CCCCC1C2. The van der Waals surface area contributed by atoms with E-state index in [1.54, 1.807) is 6.08 Å². The summed E-state index contributed by atoms with van der Waals surface area (Å²) in [4.78, 5) is 12.5. The van der Waals surface area contributed by atoms with Crippen molar-refractivity contribution in [2.45, 2.75) is 58.4 Å². The molecule has 3 N–H and O–H groups in total. The van der Waals surface area contributed by atoms with Crippen LogP contribution in [0.1, 0.15) is 52.9 Å². The molecule has 0 radical (unpaired) electrons. The number of hydrogen-bond acceptors (Lipinski definition) is 3. The Bertz CT molecular complexity index is 427. The monoisotopic (exact) mass is 277 g/mol.